The van der Waals surface area contributed by atoms with Crippen molar-refractivity contribution in [2.24, 2.45) is 11.8 Å². The van der Waals surface area contributed by atoms with Crippen LogP contribution >= 0.6 is 0 Å². The van der Waals surface area contributed by atoms with E-state index in [0.717, 1.165) is 0 Å². The van der Waals surface area contributed by atoms with Crippen LogP contribution in [0.5, 0.6) is 0 Å². The lowest BCUT2D eigenvalue weighted by Gasteiger charge is -2.17. The maximum absolute atomic E-state index is 12.2. The molecule has 0 saturated heterocycles. The first kappa shape index (κ1) is 16.2. The zero-order valence-electron chi connectivity index (χ0n) is 12.9. The molecule has 1 aliphatic rings. The molecule has 0 aromatic heterocycles. The van der Waals surface area contributed by atoms with Gasteiger partial charge in [0.05, 0.1) is 17.0 Å². The van der Waals surface area contributed by atoms with Crippen molar-refractivity contribution in [2.75, 3.05) is 6.54 Å². The summed E-state index contributed by atoms with van der Waals surface area (Å²) in [5.74, 6) is -1.58. The third-order valence-electron chi connectivity index (χ3n) is 4.15. The molecule has 22 heavy (non-hydrogen) atoms. The van der Waals surface area contributed by atoms with Crippen molar-refractivity contribution in [1.29, 1.82) is 0 Å². The fourth-order valence-electron chi connectivity index (χ4n) is 2.82. The number of carboxylic acids is 1. The summed E-state index contributed by atoms with van der Waals surface area (Å²) < 4.78 is 0. The van der Waals surface area contributed by atoms with Crippen LogP contribution in [0.15, 0.2) is 24.3 Å². The molecule has 2 rings (SSSR count). The van der Waals surface area contributed by atoms with E-state index in [1.54, 1.807) is 24.3 Å². The first-order valence-electron chi connectivity index (χ1n) is 7.61. The number of hydrogen-bond acceptors (Lipinski definition) is 3. The lowest BCUT2D eigenvalue weighted by Crippen LogP contribution is -2.31. The van der Waals surface area contributed by atoms with E-state index < -0.39 is 5.97 Å². The van der Waals surface area contributed by atoms with Crippen molar-refractivity contribution in [3.63, 3.8) is 0 Å². The quantitative estimate of drug-likeness (QED) is 0.621. The Morgan fingerprint density at radius 3 is 2.09 bits per heavy atom. The van der Waals surface area contributed by atoms with E-state index in [0.29, 0.717) is 36.9 Å². The van der Waals surface area contributed by atoms with Crippen LogP contribution in [0.4, 0.5) is 0 Å². The Bertz CT molecular complexity index is 559. The van der Waals surface area contributed by atoms with Crippen LogP contribution in [0.1, 0.15) is 53.8 Å². The summed E-state index contributed by atoms with van der Waals surface area (Å²) in [6.07, 6.45) is 1.88. The number of unbranched alkanes of at least 4 members (excludes halogenated alkanes) is 1. The molecule has 1 unspecified atom stereocenters. The maximum atomic E-state index is 12.2. The van der Waals surface area contributed by atoms with Crippen molar-refractivity contribution < 1.29 is 19.5 Å². The van der Waals surface area contributed by atoms with E-state index in [-0.39, 0.29) is 23.7 Å². The van der Waals surface area contributed by atoms with E-state index in [4.69, 9.17) is 5.11 Å². The predicted octanol–water partition coefficient (Wildman–Crippen LogP) is 2.81. The molecule has 1 aliphatic heterocycles. The van der Waals surface area contributed by atoms with Crippen molar-refractivity contribution in [3.8, 4) is 0 Å². The van der Waals surface area contributed by atoms with Crippen LogP contribution in [0.2, 0.25) is 0 Å². The maximum Gasteiger partial charge on any atom is 0.306 e. The first-order chi connectivity index (χ1) is 10.4. The molecule has 5 nitrogen and oxygen atoms in total. The molecule has 2 amide bonds. The second-order valence-corrected chi connectivity index (χ2v) is 5.99. The average Bonchev–Trinajstić information content (AvgIpc) is 2.71. The molecule has 1 atom stereocenters. The largest absolute Gasteiger partial charge is 0.481 e. The third kappa shape index (κ3) is 3.18. The van der Waals surface area contributed by atoms with Crippen LogP contribution in [0, 0.1) is 11.8 Å². The fourth-order valence-corrected chi connectivity index (χ4v) is 2.82. The van der Waals surface area contributed by atoms with Gasteiger partial charge in [0.1, 0.15) is 0 Å². The van der Waals surface area contributed by atoms with Gasteiger partial charge in [-0.2, -0.15) is 0 Å². The van der Waals surface area contributed by atoms with Gasteiger partial charge in [-0.25, -0.2) is 0 Å². The number of hydrogen-bond donors (Lipinski definition) is 1. The molecule has 0 saturated carbocycles. The molecule has 0 aliphatic carbocycles. The number of aliphatic carboxylic acids is 1. The van der Waals surface area contributed by atoms with Gasteiger partial charge in [0.2, 0.25) is 0 Å². The Balaban J connectivity index is 1.88. The molecule has 1 heterocycles. The molecule has 0 radical (unpaired) electrons. The van der Waals surface area contributed by atoms with E-state index in [1.165, 1.54) is 4.90 Å². The van der Waals surface area contributed by atoms with Crippen molar-refractivity contribution in [3.05, 3.63) is 35.4 Å². The zero-order valence-corrected chi connectivity index (χ0v) is 12.9. The molecular weight excluding hydrogens is 282 g/mol. The van der Waals surface area contributed by atoms with Crippen molar-refractivity contribution in [2.45, 2.75) is 33.1 Å². The third-order valence-corrected chi connectivity index (χ3v) is 4.15. The molecule has 0 fully saturated rings. The molecule has 118 valence electrons. The highest BCUT2D eigenvalue weighted by molar-refractivity contribution is 6.21. The van der Waals surface area contributed by atoms with Gasteiger partial charge in [0.25, 0.3) is 11.8 Å². The van der Waals surface area contributed by atoms with Gasteiger partial charge >= 0.3 is 5.97 Å². The van der Waals surface area contributed by atoms with Gasteiger partial charge in [-0.05, 0) is 30.9 Å². The van der Waals surface area contributed by atoms with E-state index >= 15 is 0 Å². The monoisotopic (exact) mass is 303 g/mol. The number of benzene rings is 1. The van der Waals surface area contributed by atoms with Crippen LogP contribution < -0.4 is 0 Å². The Kier molecular flexibility index (Phi) is 4.96. The van der Waals surface area contributed by atoms with E-state index in [9.17, 15) is 14.4 Å². The van der Waals surface area contributed by atoms with Crippen molar-refractivity contribution in [1.82, 2.24) is 4.90 Å². The second-order valence-electron chi connectivity index (χ2n) is 5.99. The normalized spacial score (nSPS) is 15.3. The lowest BCUT2D eigenvalue weighted by molar-refractivity contribution is -0.143. The summed E-state index contributed by atoms with van der Waals surface area (Å²) in [5, 5.41) is 9.14. The summed E-state index contributed by atoms with van der Waals surface area (Å²) in [4.78, 5) is 36.7. The SMILES string of the molecule is CC(C)C(CCCCN1C(=O)c2ccccc2C1=O)C(=O)O. The van der Waals surface area contributed by atoms with Crippen LogP contribution in [0.25, 0.3) is 0 Å². The zero-order chi connectivity index (χ0) is 16.3. The average molecular weight is 303 g/mol. The predicted molar refractivity (Wildman–Crippen MR) is 81.6 cm³/mol. The van der Waals surface area contributed by atoms with Gasteiger partial charge in [0.15, 0.2) is 0 Å². The number of carbonyl (C=O) groups excluding carboxylic acids is 2. The Morgan fingerprint density at radius 1 is 1.09 bits per heavy atom. The van der Waals surface area contributed by atoms with Crippen LogP contribution in [0.3, 0.4) is 0 Å². The van der Waals surface area contributed by atoms with Gasteiger partial charge in [0, 0.05) is 6.54 Å². The standard InChI is InChI=1S/C17H21NO4/c1-11(2)12(17(21)22)7-5-6-10-18-15(19)13-8-3-4-9-14(13)16(18)20/h3-4,8-9,11-12H,5-7,10H2,1-2H3,(H,21,22). The highest BCUT2D eigenvalue weighted by Crippen LogP contribution is 2.24. The molecule has 0 bridgehead atoms. The number of carbonyl (C=O) groups is 3. The lowest BCUT2D eigenvalue weighted by atomic mass is 9.91. The Labute approximate surface area is 129 Å². The molecule has 1 aromatic carbocycles. The minimum Gasteiger partial charge on any atom is -0.481 e. The molecule has 0 spiro atoms. The smallest absolute Gasteiger partial charge is 0.306 e. The Hall–Kier alpha value is -2.17. The van der Waals surface area contributed by atoms with E-state index in [1.807, 2.05) is 13.8 Å². The summed E-state index contributed by atoms with van der Waals surface area (Å²) in [5.41, 5.74) is 0.913. The summed E-state index contributed by atoms with van der Waals surface area (Å²) in [6, 6.07) is 6.81. The number of nitrogens with zero attached hydrogens (tertiary/aromatic N) is 1. The highest BCUT2D eigenvalue weighted by atomic mass is 16.4. The Morgan fingerprint density at radius 2 is 1.64 bits per heavy atom. The molecule has 1 N–H and O–H groups in total. The molecule has 5 heteroatoms. The highest BCUT2D eigenvalue weighted by Gasteiger charge is 2.34. The molecular formula is C17H21NO4. The van der Waals surface area contributed by atoms with Gasteiger partial charge in [-0.1, -0.05) is 32.4 Å². The minimum atomic E-state index is -0.782. The summed E-state index contributed by atoms with van der Waals surface area (Å²) in [7, 11) is 0. The van der Waals surface area contributed by atoms with Crippen LogP contribution in [-0.4, -0.2) is 34.3 Å². The topological polar surface area (TPSA) is 74.7 Å². The number of fused-ring (bicyclic) bond motifs is 1. The first-order valence-corrected chi connectivity index (χ1v) is 7.61. The minimum absolute atomic E-state index is 0.0804. The number of amides is 2. The number of imide groups is 1. The van der Waals surface area contributed by atoms with Gasteiger partial charge in [-0.3, -0.25) is 19.3 Å². The van der Waals surface area contributed by atoms with E-state index in [2.05, 4.69) is 0 Å². The summed E-state index contributed by atoms with van der Waals surface area (Å²) >= 11 is 0. The number of rotatable bonds is 7. The van der Waals surface area contributed by atoms with Gasteiger partial charge < -0.3 is 5.11 Å². The number of carboxylic acid groups (broad SMARTS) is 1. The summed E-state index contributed by atoms with van der Waals surface area (Å²) in [6.45, 7) is 4.13. The second kappa shape index (κ2) is 6.73. The molecule has 1 aromatic rings. The van der Waals surface area contributed by atoms with Crippen molar-refractivity contribution >= 4 is 17.8 Å². The fraction of sp³-hybridized carbons (Fsp3) is 0.471. The van der Waals surface area contributed by atoms with Crippen LogP contribution in [-0.2, 0) is 4.79 Å². The van der Waals surface area contributed by atoms with Gasteiger partial charge in [-0.15, -0.1) is 0 Å².